The average Bonchev–Trinajstić information content (AvgIpc) is 3.04. The lowest BCUT2D eigenvalue weighted by Gasteiger charge is -2.34. The molecule has 3 rings (SSSR count). The highest BCUT2D eigenvalue weighted by Gasteiger charge is 2.26. The molecule has 10 nitrogen and oxygen atoms in total. The summed E-state index contributed by atoms with van der Waals surface area (Å²) in [6.45, 7) is 3.28. The summed E-state index contributed by atoms with van der Waals surface area (Å²) in [6.07, 6.45) is 3.36. The smallest absolute Gasteiger partial charge is 0.258 e. The van der Waals surface area contributed by atoms with Crippen LogP contribution in [0.25, 0.3) is 5.95 Å². The fourth-order valence-corrected chi connectivity index (χ4v) is 2.20. The van der Waals surface area contributed by atoms with Crippen LogP contribution in [0.5, 0.6) is 0 Å². The Morgan fingerprint density at radius 1 is 1.33 bits per heavy atom. The summed E-state index contributed by atoms with van der Waals surface area (Å²) < 4.78 is 1.43. The van der Waals surface area contributed by atoms with Crippen molar-refractivity contribution in [3.63, 3.8) is 0 Å². The van der Waals surface area contributed by atoms with E-state index in [1.807, 2.05) is 11.8 Å². The summed E-state index contributed by atoms with van der Waals surface area (Å²) in [6, 6.07) is 0. The van der Waals surface area contributed by atoms with E-state index in [1.54, 1.807) is 0 Å². The number of piperidine rings is 1. The van der Waals surface area contributed by atoms with Crippen LogP contribution in [0.3, 0.4) is 0 Å². The molecule has 0 aromatic carbocycles. The van der Waals surface area contributed by atoms with Crippen LogP contribution >= 0.6 is 0 Å². The van der Waals surface area contributed by atoms with Gasteiger partial charge in [-0.25, -0.2) is 10.8 Å². The van der Waals surface area contributed by atoms with Crippen LogP contribution in [-0.4, -0.2) is 54.0 Å². The molecule has 0 bridgehead atoms. The Morgan fingerprint density at radius 3 is 2.81 bits per heavy atom. The zero-order valence-corrected chi connectivity index (χ0v) is 11.6. The Labute approximate surface area is 121 Å². The van der Waals surface area contributed by atoms with E-state index < -0.39 is 6.10 Å². The van der Waals surface area contributed by atoms with E-state index in [-0.39, 0.29) is 11.9 Å². The first kappa shape index (κ1) is 13.6. The van der Waals surface area contributed by atoms with Gasteiger partial charge in [0.15, 0.2) is 0 Å². The Bertz CT molecular complexity index is 602. The van der Waals surface area contributed by atoms with Gasteiger partial charge >= 0.3 is 0 Å². The monoisotopic (exact) mass is 291 g/mol. The van der Waals surface area contributed by atoms with E-state index in [0.29, 0.717) is 18.4 Å². The first-order valence-corrected chi connectivity index (χ1v) is 6.68. The van der Waals surface area contributed by atoms with Crippen LogP contribution in [0, 0.1) is 5.92 Å². The van der Waals surface area contributed by atoms with Crippen LogP contribution in [-0.2, 0) is 0 Å². The fourth-order valence-electron chi connectivity index (χ4n) is 2.20. The first-order valence-electron chi connectivity index (χ1n) is 6.68. The molecule has 2 unspecified atom stereocenters. The molecule has 0 amide bonds. The minimum absolute atomic E-state index is 0.235. The molecule has 2 aromatic rings. The molecule has 2 aromatic heterocycles. The van der Waals surface area contributed by atoms with Crippen LogP contribution in [0.1, 0.15) is 13.3 Å². The third-order valence-electron chi connectivity index (χ3n) is 3.57. The largest absolute Gasteiger partial charge is 0.391 e. The van der Waals surface area contributed by atoms with Crippen molar-refractivity contribution in [2.24, 2.45) is 11.8 Å². The number of hydrazine groups is 1. The number of nitrogens with zero attached hydrogens (tertiary/aromatic N) is 7. The molecule has 1 saturated heterocycles. The fraction of sp³-hybridized carbons (Fsp3) is 0.545. The van der Waals surface area contributed by atoms with Crippen molar-refractivity contribution in [2.75, 3.05) is 23.4 Å². The van der Waals surface area contributed by atoms with E-state index in [2.05, 4.69) is 30.5 Å². The maximum Gasteiger partial charge on any atom is 0.258 e. The maximum absolute atomic E-state index is 10.0. The van der Waals surface area contributed by atoms with E-state index >= 15 is 0 Å². The lowest BCUT2D eigenvalue weighted by atomic mass is 9.96. The first-order chi connectivity index (χ1) is 10.2. The van der Waals surface area contributed by atoms with Crippen molar-refractivity contribution in [1.82, 2.24) is 29.7 Å². The summed E-state index contributed by atoms with van der Waals surface area (Å²) in [5, 5.41) is 14.0. The molecule has 0 aliphatic carbocycles. The van der Waals surface area contributed by atoms with E-state index in [0.717, 1.165) is 13.0 Å². The summed E-state index contributed by atoms with van der Waals surface area (Å²) >= 11 is 0. The normalized spacial score (nSPS) is 22.3. The lowest BCUT2D eigenvalue weighted by molar-refractivity contribution is 0.102. The van der Waals surface area contributed by atoms with Gasteiger partial charge in [-0.1, -0.05) is 6.92 Å². The maximum atomic E-state index is 10.0. The summed E-state index contributed by atoms with van der Waals surface area (Å²) in [5.41, 5.74) is 2.42. The third-order valence-corrected chi connectivity index (χ3v) is 3.57. The number of nitrogens with two attached hydrogens (primary N) is 1. The number of nitrogen functional groups attached to an aromatic ring is 1. The molecule has 112 valence electrons. The van der Waals surface area contributed by atoms with Gasteiger partial charge in [0.2, 0.25) is 11.9 Å². The standard InChI is InChI=1S/C11H17N9O/c1-7-2-3-19(4-8(7)21)10-15-9(18-12)16-11(17-10)20-6-13-5-14-20/h5-8,21H,2-4,12H2,1H3,(H,15,16,17,18). The topological polar surface area (TPSA) is 131 Å². The summed E-state index contributed by atoms with van der Waals surface area (Å²) in [5.74, 6) is 6.68. The van der Waals surface area contributed by atoms with Crippen molar-refractivity contribution in [1.29, 1.82) is 0 Å². The molecule has 0 saturated carbocycles. The van der Waals surface area contributed by atoms with E-state index in [4.69, 9.17) is 5.84 Å². The highest BCUT2D eigenvalue weighted by molar-refractivity contribution is 5.39. The van der Waals surface area contributed by atoms with Gasteiger partial charge in [-0.05, 0) is 12.3 Å². The van der Waals surface area contributed by atoms with Crippen molar-refractivity contribution in [2.45, 2.75) is 19.4 Å². The number of rotatable bonds is 3. The lowest BCUT2D eigenvalue weighted by Crippen LogP contribution is -2.43. The van der Waals surface area contributed by atoms with Gasteiger partial charge in [0.1, 0.15) is 12.7 Å². The third kappa shape index (κ3) is 2.76. The predicted octanol–water partition coefficient (Wildman–Crippen LogP) is -1.05. The van der Waals surface area contributed by atoms with Crippen molar-refractivity contribution >= 4 is 11.9 Å². The van der Waals surface area contributed by atoms with Crippen LogP contribution in [0.4, 0.5) is 11.9 Å². The molecule has 2 atom stereocenters. The second kappa shape index (κ2) is 5.58. The molecule has 1 fully saturated rings. The molecular weight excluding hydrogens is 274 g/mol. The number of nitrogens with one attached hydrogen (secondary N) is 1. The van der Waals surface area contributed by atoms with Gasteiger partial charge < -0.3 is 10.0 Å². The van der Waals surface area contributed by atoms with Gasteiger partial charge in [0.25, 0.3) is 5.95 Å². The number of hydrogen-bond donors (Lipinski definition) is 3. The van der Waals surface area contributed by atoms with Gasteiger partial charge in [0, 0.05) is 13.1 Å². The molecule has 21 heavy (non-hydrogen) atoms. The van der Waals surface area contributed by atoms with Crippen molar-refractivity contribution in [3.8, 4) is 5.95 Å². The Morgan fingerprint density at radius 2 is 2.14 bits per heavy atom. The molecule has 0 spiro atoms. The molecule has 10 heteroatoms. The van der Waals surface area contributed by atoms with Gasteiger partial charge in [-0.15, -0.1) is 0 Å². The minimum atomic E-state index is -0.403. The second-order valence-electron chi connectivity index (χ2n) is 5.02. The SMILES string of the molecule is CC1CCN(c2nc(NN)nc(-n3cncn3)n2)CC1O. The molecular formula is C11H17N9O. The molecule has 3 heterocycles. The summed E-state index contributed by atoms with van der Waals surface area (Å²) in [7, 11) is 0. The number of β-amino-alcohol motifs (C(OH)–C–C–N with tert-alkyl or cyclic N) is 1. The predicted molar refractivity (Wildman–Crippen MR) is 74.6 cm³/mol. The summed E-state index contributed by atoms with van der Waals surface area (Å²) in [4.78, 5) is 18.5. The number of aliphatic hydroxyl groups excluding tert-OH is 1. The van der Waals surface area contributed by atoms with Gasteiger partial charge in [-0.3, -0.25) is 5.43 Å². The van der Waals surface area contributed by atoms with Crippen LogP contribution < -0.4 is 16.2 Å². The second-order valence-corrected chi connectivity index (χ2v) is 5.02. The number of aliphatic hydroxyl groups is 1. The average molecular weight is 291 g/mol. The molecule has 0 radical (unpaired) electrons. The number of anilines is 2. The van der Waals surface area contributed by atoms with Crippen LogP contribution in [0.2, 0.25) is 0 Å². The Kier molecular flexibility index (Phi) is 3.62. The van der Waals surface area contributed by atoms with Crippen molar-refractivity contribution < 1.29 is 5.11 Å². The quantitative estimate of drug-likeness (QED) is 0.478. The zero-order chi connectivity index (χ0) is 14.8. The molecule has 1 aliphatic rings. The Hall–Kier alpha value is -2.33. The highest BCUT2D eigenvalue weighted by Crippen LogP contribution is 2.21. The van der Waals surface area contributed by atoms with Crippen molar-refractivity contribution in [3.05, 3.63) is 12.7 Å². The zero-order valence-electron chi connectivity index (χ0n) is 11.6. The van der Waals surface area contributed by atoms with Gasteiger partial charge in [0.05, 0.1) is 6.10 Å². The van der Waals surface area contributed by atoms with Gasteiger partial charge in [-0.2, -0.15) is 24.7 Å². The molecule has 4 N–H and O–H groups in total. The molecule has 1 aliphatic heterocycles. The van der Waals surface area contributed by atoms with E-state index in [9.17, 15) is 5.11 Å². The Balaban J connectivity index is 1.93. The highest BCUT2D eigenvalue weighted by atomic mass is 16.3. The minimum Gasteiger partial charge on any atom is -0.391 e. The van der Waals surface area contributed by atoms with Crippen LogP contribution in [0.15, 0.2) is 12.7 Å². The number of hydrogen-bond acceptors (Lipinski definition) is 9. The van der Waals surface area contributed by atoms with E-state index in [1.165, 1.54) is 17.3 Å². The number of aromatic nitrogens is 6.